The van der Waals surface area contributed by atoms with E-state index in [4.69, 9.17) is 14.6 Å². The summed E-state index contributed by atoms with van der Waals surface area (Å²) in [5.41, 5.74) is 0.641. The summed E-state index contributed by atoms with van der Waals surface area (Å²) in [6.45, 7) is 7.67. The van der Waals surface area contributed by atoms with Gasteiger partial charge in [0, 0.05) is 19.7 Å². The zero-order valence-electron chi connectivity index (χ0n) is 15.3. The Morgan fingerprint density at radius 1 is 1.32 bits per heavy atom. The van der Waals surface area contributed by atoms with Crippen molar-refractivity contribution in [3.05, 3.63) is 29.8 Å². The van der Waals surface area contributed by atoms with Gasteiger partial charge >= 0.3 is 0 Å². The molecule has 0 saturated carbocycles. The molecule has 0 aliphatic carbocycles. The Morgan fingerprint density at radius 2 is 2.08 bits per heavy atom. The minimum Gasteiger partial charge on any atom is -0.491 e. The van der Waals surface area contributed by atoms with E-state index in [2.05, 4.69) is 10.2 Å². The van der Waals surface area contributed by atoms with E-state index in [9.17, 15) is 4.79 Å². The molecule has 0 bridgehead atoms. The molecule has 0 radical (unpaired) electrons. The second-order valence-corrected chi connectivity index (χ2v) is 6.47. The zero-order valence-corrected chi connectivity index (χ0v) is 15.3. The highest BCUT2D eigenvalue weighted by molar-refractivity contribution is 5.86. The summed E-state index contributed by atoms with van der Waals surface area (Å²) in [5.74, 6) is 0.822. The fraction of sp³-hybridized carbons (Fsp3) is 0.632. The van der Waals surface area contributed by atoms with Gasteiger partial charge in [-0.05, 0) is 50.9 Å². The number of rotatable bonds is 10. The molecule has 140 valence electrons. The first kappa shape index (κ1) is 19.7. The SMILES string of the molecule is CCOCCOc1ccc(CN2CCC[C@@]2(C)C(=O)NCCO)cc1. The Bertz CT molecular complexity index is 535. The first-order valence-corrected chi connectivity index (χ1v) is 9.04. The highest BCUT2D eigenvalue weighted by Gasteiger charge is 2.42. The Kier molecular flexibility index (Phi) is 7.68. The molecule has 6 heteroatoms. The number of hydrogen-bond acceptors (Lipinski definition) is 5. The van der Waals surface area contributed by atoms with E-state index in [1.54, 1.807) is 0 Å². The van der Waals surface area contributed by atoms with Crippen LogP contribution in [-0.2, 0) is 16.1 Å². The standard InChI is InChI=1S/C19H30N2O4/c1-3-24-13-14-25-17-7-5-16(6-8-17)15-21-11-4-9-19(21,2)18(23)20-10-12-22/h5-8,22H,3-4,9-15H2,1-2H3,(H,20,23)/t19-/m0/s1. The molecule has 1 aliphatic heterocycles. The summed E-state index contributed by atoms with van der Waals surface area (Å²) in [7, 11) is 0. The van der Waals surface area contributed by atoms with Gasteiger partial charge in [0.15, 0.2) is 0 Å². The van der Waals surface area contributed by atoms with Crippen LogP contribution in [0.15, 0.2) is 24.3 Å². The summed E-state index contributed by atoms with van der Waals surface area (Å²) >= 11 is 0. The maximum Gasteiger partial charge on any atom is 0.240 e. The predicted molar refractivity (Wildman–Crippen MR) is 96.6 cm³/mol. The lowest BCUT2D eigenvalue weighted by atomic mass is 9.97. The smallest absolute Gasteiger partial charge is 0.240 e. The van der Waals surface area contributed by atoms with Crippen molar-refractivity contribution in [2.45, 2.75) is 38.8 Å². The molecular weight excluding hydrogens is 320 g/mol. The van der Waals surface area contributed by atoms with Crippen LogP contribution >= 0.6 is 0 Å². The third-order valence-corrected chi connectivity index (χ3v) is 4.67. The molecule has 0 unspecified atom stereocenters. The number of nitrogens with one attached hydrogen (secondary N) is 1. The monoisotopic (exact) mass is 350 g/mol. The van der Waals surface area contributed by atoms with Crippen LogP contribution in [0, 0.1) is 0 Å². The molecule has 1 saturated heterocycles. The molecule has 25 heavy (non-hydrogen) atoms. The number of aliphatic hydroxyl groups excluding tert-OH is 1. The first-order chi connectivity index (χ1) is 12.1. The molecule has 2 N–H and O–H groups in total. The van der Waals surface area contributed by atoms with Crippen molar-refractivity contribution in [3.63, 3.8) is 0 Å². The van der Waals surface area contributed by atoms with E-state index in [-0.39, 0.29) is 12.5 Å². The maximum absolute atomic E-state index is 12.5. The van der Waals surface area contributed by atoms with Gasteiger partial charge in [-0.15, -0.1) is 0 Å². The molecule has 1 atom stereocenters. The van der Waals surface area contributed by atoms with Gasteiger partial charge < -0.3 is 19.9 Å². The molecule has 1 amide bonds. The Balaban J connectivity index is 1.90. The summed E-state index contributed by atoms with van der Waals surface area (Å²) in [6.07, 6.45) is 1.84. The minimum absolute atomic E-state index is 0.00470. The van der Waals surface area contributed by atoms with Crippen LogP contribution in [0.1, 0.15) is 32.3 Å². The molecule has 6 nitrogen and oxygen atoms in total. The molecule has 1 heterocycles. The molecular formula is C19H30N2O4. The largest absolute Gasteiger partial charge is 0.491 e. The molecule has 0 spiro atoms. The van der Waals surface area contributed by atoms with Crippen molar-refractivity contribution >= 4 is 5.91 Å². The third kappa shape index (κ3) is 5.42. The van der Waals surface area contributed by atoms with Crippen LogP contribution < -0.4 is 10.1 Å². The van der Waals surface area contributed by atoms with E-state index < -0.39 is 5.54 Å². The van der Waals surface area contributed by atoms with E-state index in [0.717, 1.165) is 37.2 Å². The van der Waals surface area contributed by atoms with Gasteiger partial charge in [0.05, 0.1) is 18.8 Å². The molecule has 1 aromatic rings. The van der Waals surface area contributed by atoms with Crippen LogP contribution in [0.5, 0.6) is 5.75 Å². The van der Waals surface area contributed by atoms with Crippen LogP contribution in [0.3, 0.4) is 0 Å². The van der Waals surface area contributed by atoms with Crippen molar-refractivity contribution in [1.82, 2.24) is 10.2 Å². The average Bonchev–Trinajstić information content (AvgIpc) is 3.00. The van der Waals surface area contributed by atoms with Gasteiger partial charge in [-0.3, -0.25) is 9.69 Å². The Labute approximate surface area is 150 Å². The Hall–Kier alpha value is -1.63. The van der Waals surface area contributed by atoms with Crippen molar-refractivity contribution < 1.29 is 19.4 Å². The van der Waals surface area contributed by atoms with Gasteiger partial charge in [0.25, 0.3) is 0 Å². The number of hydrogen-bond donors (Lipinski definition) is 2. The zero-order chi connectivity index (χ0) is 18.1. The number of benzene rings is 1. The van der Waals surface area contributed by atoms with Gasteiger partial charge in [-0.25, -0.2) is 0 Å². The summed E-state index contributed by atoms with van der Waals surface area (Å²) in [6, 6.07) is 8.00. The van der Waals surface area contributed by atoms with Crippen LogP contribution in [-0.4, -0.2) is 61.0 Å². The lowest BCUT2D eigenvalue weighted by Crippen LogP contribution is -2.53. The van der Waals surface area contributed by atoms with E-state index >= 15 is 0 Å². The van der Waals surface area contributed by atoms with Crippen molar-refractivity contribution in [2.75, 3.05) is 39.5 Å². The van der Waals surface area contributed by atoms with E-state index in [1.807, 2.05) is 38.1 Å². The summed E-state index contributed by atoms with van der Waals surface area (Å²) in [5, 5.41) is 11.7. The number of ether oxygens (including phenoxy) is 2. The van der Waals surface area contributed by atoms with Gasteiger partial charge in [-0.1, -0.05) is 12.1 Å². The number of aliphatic hydroxyl groups is 1. The van der Waals surface area contributed by atoms with E-state index in [1.165, 1.54) is 0 Å². The van der Waals surface area contributed by atoms with Gasteiger partial charge in [-0.2, -0.15) is 0 Å². The van der Waals surface area contributed by atoms with Crippen molar-refractivity contribution in [1.29, 1.82) is 0 Å². The first-order valence-electron chi connectivity index (χ1n) is 9.04. The van der Waals surface area contributed by atoms with Crippen LogP contribution in [0.25, 0.3) is 0 Å². The number of likely N-dealkylation sites (tertiary alicyclic amines) is 1. The number of carbonyl (C=O) groups is 1. The van der Waals surface area contributed by atoms with Gasteiger partial charge in [0.1, 0.15) is 12.4 Å². The molecule has 1 aromatic carbocycles. The summed E-state index contributed by atoms with van der Waals surface area (Å²) in [4.78, 5) is 14.7. The lowest BCUT2D eigenvalue weighted by Gasteiger charge is -2.34. The number of amides is 1. The average molecular weight is 350 g/mol. The highest BCUT2D eigenvalue weighted by Crippen LogP contribution is 2.31. The number of nitrogens with zero attached hydrogens (tertiary/aromatic N) is 1. The molecule has 0 aromatic heterocycles. The topological polar surface area (TPSA) is 71.0 Å². The minimum atomic E-state index is -0.512. The van der Waals surface area contributed by atoms with Crippen molar-refractivity contribution in [3.8, 4) is 5.75 Å². The third-order valence-electron chi connectivity index (χ3n) is 4.67. The molecule has 1 fully saturated rings. The van der Waals surface area contributed by atoms with Crippen molar-refractivity contribution in [2.24, 2.45) is 0 Å². The quantitative estimate of drug-likeness (QED) is 0.627. The van der Waals surface area contributed by atoms with E-state index in [0.29, 0.717) is 26.4 Å². The van der Waals surface area contributed by atoms with Crippen LogP contribution in [0.2, 0.25) is 0 Å². The fourth-order valence-electron chi connectivity index (χ4n) is 3.16. The second-order valence-electron chi connectivity index (χ2n) is 6.47. The maximum atomic E-state index is 12.5. The fourth-order valence-corrected chi connectivity index (χ4v) is 3.16. The predicted octanol–water partition coefficient (Wildman–Crippen LogP) is 1.56. The highest BCUT2D eigenvalue weighted by atomic mass is 16.5. The second kappa shape index (κ2) is 9.75. The van der Waals surface area contributed by atoms with Gasteiger partial charge in [0.2, 0.25) is 5.91 Å². The Morgan fingerprint density at radius 3 is 2.76 bits per heavy atom. The lowest BCUT2D eigenvalue weighted by molar-refractivity contribution is -0.131. The normalized spacial score (nSPS) is 20.6. The molecule has 2 rings (SSSR count). The van der Waals surface area contributed by atoms with Crippen LogP contribution in [0.4, 0.5) is 0 Å². The summed E-state index contributed by atoms with van der Waals surface area (Å²) < 4.78 is 10.9. The molecule has 1 aliphatic rings. The number of carbonyl (C=O) groups excluding carboxylic acids is 1.